The maximum Gasteiger partial charge on any atom is 0.252 e. The Morgan fingerprint density at radius 1 is 0.935 bits per heavy atom. The Balaban J connectivity index is 1.79. The summed E-state index contributed by atoms with van der Waals surface area (Å²) in [5, 5.41) is 3.86. The second kappa shape index (κ2) is 8.88. The van der Waals surface area contributed by atoms with E-state index in [1.807, 2.05) is 79.7 Å². The molecule has 0 atom stereocenters. The average Bonchev–Trinajstić information content (AvgIpc) is 2.82. The fraction of sp³-hybridized carbons (Fsp3) is 0.154. The van der Waals surface area contributed by atoms with Gasteiger partial charge in [0, 0.05) is 23.6 Å². The number of ether oxygens (including phenoxy) is 2. The first-order valence-corrected chi connectivity index (χ1v) is 10.0. The average molecular weight is 412 g/mol. The van der Waals surface area contributed by atoms with Crippen LogP contribution in [0.15, 0.2) is 72.8 Å². The van der Waals surface area contributed by atoms with Crippen LogP contribution < -0.4 is 14.8 Å². The van der Waals surface area contributed by atoms with Gasteiger partial charge in [-0.15, -0.1) is 0 Å². The highest BCUT2D eigenvalue weighted by molar-refractivity contribution is 6.07. The van der Waals surface area contributed by atoms with Crippen molar-refractivity contribution < 1.29 is 14.3 Å². The first-order valence-electron chi connectivity index (χ1n) is 10.0. The molecule has 0 radical (unpaired) electrons. The van der Waals surface area contributed by atoms with Crippen molar-refractivity contribution in [1.29, 1.82) is 0 Å². The predicted molar refractivity (Wildman–Crippen MR) is 123 cm³/mol. The molecule has 1 amide bonds. The lowest BCUT2D eigenvalue weighted by Crippen LogP contribution is -2.23. The van der Waals surface area contributed by atoms with Gasteiger partial charge in [0.15, 0.2) is 0 Å². The number of aryl methyl sites for hydroxylation is 1. The summed E-state index contributed by atoms with van der Waals surface area (Å²) in [5.41, 5.74) is 4.91. The quantitative estimate of drug-likeness (QED) is 0.475. The van der Waals surface area contributed by atoms with E-state index in [-0.39, 0.29) is 5.91 Å². The Labute approximate surface area is 181 Å². The Kier molecular flexibility index (Phi) is 5.85. The Morgan fingerprint density at radius 3 is 2.48 bits per heavy atom. The molecule has 156 valence electrons. The highest BCUT2D eigenvalue weighted by Crippen LogP contribution is 2.34. The van der Waals surface area contributed by atoms with Crippen molar-refractivity contribution in [2.75, 3.05) is 14.2 Å². The number of hydrogen-bond acceptors (Lipinski definition) is 4. The predicted octanol–water partition coefficient (Wildman–Crippen LogP) is 5.16. The zero-order valence-corrected chi connectivity index (χ0v) is 17.8. The Hall–Kier alpha value is -3.86. The van der Waals surface area contributed by atoms with Crippen LogP contribution in [0.3, 0.4) is 0 Å². The molecule has 0 aliphatic carbocycles. The van der Waals surface area contributed by atoms with Gasteiger partial charge in [-0.25, -0.2) is 4.98 Å². The van der Waals surface area contributed by atoms with Crippen LogP contribution in [0.5, 0.6) is 11.5 Å². The second-order valence-electron chi connectivity index (χ2n) is 7.31. The van der Waals surface area contributed by atoms with E-state index in [2.05, 4.69) is 5.32 Å². The topological polar surface area (TPSA) is 60.5 Å². The molecule has 1 heterocycles. The van der Waals surface area contributed by atoms with Crippen LogP contribution in [-0.2, 0) is 6.54 Å². The number of aromatic nitrogens is 1. The molecule has 4 aromatic rings. The van der Waals surface area contributed by atoms with Crippen LogP contribution in [0.4, 0.5) is 0 Å². The van der Waals surface area contributed by atoms with Crippen LogP contribution in [0.2, 0.25) is 0 Å². The van der Waals surface area contributed by atoms with E-state index in [1.54, 1.807) is 14.2 Å². The number of fused-ring (bicyclic) bond motifs is 1. The van der Waals surface area contributed by atoms with Crippen molar-refractivity contribution >= 4 is 16.8 Å². The molecule has 1 N–H and O–H groups in total. The Bertz CT molecular complexity index is 1240. The molecule has 1 aromatic heterocycles. The molecule has 0 aliphatic heterocycles. The van der Waals surface area contributed by atoms with E-state index in [9.17, 15) is 4.79 Å². The van der Waals surface area contributed by atoms with Crippen LogP contribution in [-0.4, -0.2) is 25.1 Å². The SMILES string of the molecule is COc1ccc(-c2cc(C(=O)NCc3ccccc3)c3cc(C)ccc3n2)c(OC)c1. The number of pyridine rings is 1. The third-order valence-corrected chi connectivity index (χ3v) is 5.19. The van der Waals surface area contributed by atoms with Crippen LogP contribution in [0.1, 0.15) is 21.5 Å². The lowest BCUT2D eigenvalue weighted by molar-refractivity contribution is 0.0952. The largest absolute Gasteiger partial charge is 0.497 e. The van der Waals surface area contributed by atoms with Gasteiger partial charge in [0.05, 0.1) is 31.0 Å². The van der Waals surface area contributed by atoms with Crippen molar-refractivity contribution in [3.05, 3.63) is 89.5 Å². The maximum atomic E-state index is 13.2. The van der Waals surface area contributed by atoms with E-state index >= 15 is 0 Å². The third-order valence-electron chi connectivity index (χ3n) is 5.19. The molecule has 4 rings (SSSR count). The first kappa shape index (κ1) is 20.4. The molecule has 0 bridgehead atoms. The lowest BCUT2D eigenvalue weighted by atomic mass is 10.0. The van der Waals surface area contributed by atoms with E-state index in [0.29, 0.717) is 29.3 Å². The summed E-state index contributed by atoms with van der Waals surface area (Å²) in [6.07, 6.45) is 0. The van der Waals surface area contributed by atoms with Gasteiger partial charge in [0.25, 0.3) is 5.91 Å². The minimum Gasteiger partial charge on any atom is -0.497 e. The smallest absolute Gasteiger partial charge is 0.252 e. The summed E-state index contributed by atoms with van der Waals surface area (Å²) in [6, 6.07) is 23.2. The molecule has 0 aliphatic rings. The number of carbonyl (C=O) groups excluding carboxylic acids is 1. The van der Waals surface area contributed by atoms with Gasteiger partial charge in [-0.1, -0.05) is 42.0 Å². The van der Waals surface area contributed by atoms with E-state index < -0.39 is 0 Å². The molecule has 3 aromatic carbocycles. The van der Waals surface area contributed by atoms with Crippen molar-refractivity contribution in [3.8, 4) is 22.8 Å². The molecule has 0 saturated carbocycles. The van der Waals surface area contributed by atoms with Gasteiger partial charge in [-0.05, 0) is 42.8 Å². The number of benzene rings is 3. The van der Waals surface area contributed by atoms with Gasteiger partial charge in [0.1, 0.15) is 11.5 Å². The number of methoxy groups -OCH3 is 2. The van der Waals surface area contributed by atoms with Gasteiger partial charge < -0.3 is 14.8 Å². The number of hydrogen-bond donors (Lipinski definition) is 1. The molecular weight excluding hydrogens is 388 g/mol. The lowest BCUT2D eigenvalue weighted by Gasteiger charge is -2.14. The molecule has 0 unspecified atom stereocenters. The molecule has 0 fully saturated rings. The fourth-order valence-electron chi connectivity index (χ4n) is 3.55. The van der Waals surface area contributed by atoms with Crippen molar-refractivity contribution in [2.24, 2.45) is 0 Å². The summed E-state index contributed by atoms with van der Waals surface area (Å²) >= 11 is 0. The highest BCUT2D eigenvalue weighted by atomic mass is 16.5. The number of carbonyl (C=O) groups is 1. The van der Waals surface area contributed by atoms with Gasteiger partial charge in [0.2, 0.25) is 0 Å². The minimum absolute atomic E-state index is 0.143. The van der Waals surface area contributed by atoms with E-state index in [0.717, 1.165) is 27.6 Å². The summed E-state index contributed by atoms with van der Waals surface area (Å²) in [5.74, 6) is 1.18. The van der Waals surface area contributed by atoms with Gasteiger partial charge >= 0.3 is 0 Å². The summed E-state index contributed by atoms with van der Waals surface area (Å²) in [4.78, 5) is 18.0. The van der Waals surface area contributed by atoms with Crippen molar-refractivity contribution in [1.82, 2.24) is 10.3 Å². The monoisotopic (exact) mass is 412 g/mol. The normalized spacial score (nSPS) is 10.7. The first-order chi connectivity index (χ1) is 15.1. The molecule has 0 saturated heterocycles. The molecule has 0 spiro atoms. The second-order valence-corrected chi connectivity index (χ2v) is 7.31. The number of nitrogens with zero attached hydrogens (tertiary/aromatic N) is 1. The summed E-state index contributed by atoms with van der Waals surface area (Å²) in [6.45, 7) is 2.46. The molecular formula is C26H24N2O3. The minimum atomic E-state index is -0.143. The van der Waals surface area contributed by atoms with E-state index in [1.165, 1.54) is 0 Å². The zero-order chi connectivity index (χ0) is 21.8. The highest BCUT2D eigenvalue weighted by Gasteiger charge is 2.17. The van der Waals surface area contributed by atoms with Crippen molar-refractivity contribution in [3.63, 3.8) is 0 Å². The fourth-order valence-corrected chi connectivity index (χ4v) is 3.55. The van der Waals surface area contributed by atoms with Crippen LogP contribution in [0, 0.1) is 6.92 Å². The Morgan fingerprint density at radius 2 is 1.74 bits per heavy atom. The van der Waals surface area contributed by atoms with E-state index in [4.69, 9.17) is 14.5 Å². The summed E-state index contributed by atoms with van der Waals surface area (Å²) < 4.78 is 10.9. The summed E-state index contributed by atoms with van der Waals surface area (Å²) in [7, 11) is 3.22. The maximum absolute atomic E-state index is 13.2. The third kappa shape index (κ3) is 4.36. The van der Waals surface area contributed by atoms with Crippen molar-refractivity contribution in [2.45, 2.75) is 13.5 Å². The molecule has 5 nitrogen and oxygen atoms in total. The van der Waals surface area contributed by atoms with Gasteiger partial charge in [-0.2, -0.15) is 0 Å². The standard InChI is InChI=1S/C26H24N2O3/c1-17-9-12-23-21(13-17)22(26(29)27-16-18-7-5-4-6-8-18)15-24(28-23)20-11-10-19(30-2)14-25(20)31-3/h4-15H,16H2,1-3H3,(H,27,29). The number of amides is 1. The van der Waals surface area contributed by atoms with Crippen LogP contribution in [0.25, 0.3) is 22.2 Å². The van der Waals surface area contributed by atoms with Gasteiger partial charge in [-0.3, -0.25) is 4.79 Å². The van der Waals surface area contributed by atoms with Crippen LogP contribution >= 0.6 is 0 Å². The molecule has 5 heteroatoms. The zero-order valence-electron chi connectivity index (χ0n) is 17.8. The number of nitrogens with one attached hydrogen (secondary N) is 1. The molecule has 31 heavy (non-hydrogen) atoms. The number of rotatable bonds is 6.